The van der Waals surface area contributed by atoms with E-state index in [4.69, 9.17) is 4.74 Å². The van der Waals surface area contributed by atoms with Crippen LogP contribution >= 0.6 is 0 Å². The van der Waals surface area contributed by atoms with Gasteiger partial charge in [0, 0.05) is 12.1 Å². The Morgan fingerprint density at radius 3 is 2.93 bits per heavy atom. The molecule has 0 amide bonds. The van der Waals surface area contributed by atoms with E-state index in [1.807, 2.05) is 0 Å². The molecule has 3 unspecified atom stereocenters. The zero-order chi connectivity index (χ0) is 10.1. The summed E-state index contributed by atoms with van der Waals surface area (Å²) < 4.78 is 4.96. The van der Waals surface area contributed by atoms with Crippen molar-refractivity contribution in [2.24, 2.45) is 0 Å². The molecule has 1 N–H and O–H groups in total. The normalized spacial score (nSPS) is 39.9. The Bertz CT molecular complexity index is 231. The van der Waals surface area contributed by atoms with Crippen molar-refractivity contribution in [1.82, 2.24) is 4.90 Å². The number of morpholine rings is 1. The third kappa shape index (κ3) is 1.91. The summed E-state index contributed by atoms with van der Waals surface area (Å²) in [5, 5.41) is 9.44. The molecule has 0 radical (unpaired) electrons. The molecule has 0 spiro atoms. The Hall–Kier alpha value is -0.610. The number of rotatable bonds is 1. The molecule has 2 fully saturated rings. The maximum atomic E-state index is 11.1. The minimum absolute atomic E-state index is 0.135. The first-order chi connectivity index (χ1) is 6.66. The minimum atomic E-state index is -0.176. The van der Waals surface area contributed by atoms with E-state index >= 15 is 0 Å². The van der Waals surface area contributed by atoms with E-state index in [2.05, 4.69) is 11.8 Å². The molecule has 1 saturated heterocycles. The van der Waals surface area contributed by atoms with Crippen molar-refractivity contribution in [3.05, 3.63) is 0 Å². The van der Waals surface area contributed by atoms with Gasteiger partial charge in [0.1, 0.15) is 6.61 Å². The van der Waals surface area contributed by atoms with Crippen LogP contribution in [0.5, 0.6) is 0 Å². The standard InChI is InChI=1S/C10H17NO3/c1-7-6-14-10(13)5-11(7)8-2-3-9(12)4-8/h7-9,12H,2-6H2,1H3. The van der Waals surface area contributed by atoms with Crippen molar-refractivity contribution in [3.8, 4) is 0 Å². The van der Waals surface area contributed by atoms with Gasteiger partial charge in [-0.25, -0.2) is 0 Å². The molecule has 1 aliphatic carbocycles. The lowest BCUT2D eigenvalue weighted by Crippen LogP contribution is -2.50. The summed E-state index contributed by atoms with van der Waals surface area (Å²) >= 11 is 0. The smallest absolute Gasteiger partial charge is 0.320 e. The van der Waals surface area contributed by atoms with Crippen molar-refractivity contribution in [1.29, 1.82) is 0 Å². The van der Waals surface area contributed by atoms with Crippen LogP contribution in [-0.2, 0) is 9.53 Å². The second kappa shape index (κ2) is 3.87. The van der Waals surface area contributed by atoms with Crippen LogP contribution in [-0.4, -0.2) is 47.3 Å². The number of hydrogen-bond acceptors (Lipinski definition) is 4. The summed E-state index contributed by atoms with van der Waals surface area (Å²) in [5.41, 5.74) is 0. The molecule has 0 bridgehead atoms. The van der Waals surface area contributed by atoms with Crippen molar-refractivity contribution < 1.29 is 14.6 Å². The summed E-state index contributed by atoms with van der Waals surface area (Å²) in [6.07, 6.45) is 2.49. The summed E-state index contributed by atoms with van der Waals surface area (Å²) in [5.74, 6) is -0.135. The number of ether oxygens (including phenoxy) is 1. The first kappa shape index (κ1) is 9.93. The summed E-state index contributed by atoms with van der Waals surface area (Å²) in [6, 6.07) is 0.663. The Balaban J connectivity index is 1.97. The maximum absolute atomic E-state index is 11.1. The molecule has 80 valence electrons. The van der Waals surface area contributed by atoms with Crippen molar-refractivity contribution in [2.75, 3.05) is 13.2 Å². The number of esters is 1. The molecule has 2 rings (SSSR count). The second-order valence-electron chi connectivity index (χ2n) is 4.33. The zero-order valence-electron chi connectivity index (χ0n) is 8.48. The Morgan fingerprint density at radius 2 is 2.29 bits per heavy atom. The van der Waals surface area contributed by atoms with Gasteiger partial charge in [-0.2, -0.15) is 0 Å². The Kier molecular flexibility index (Phi) is 2.74. The van der Waals surface area contributed by atoms with E-state index in [9.17, 15) is 9.90 Å². The molecular formula is C10H17NO3. The van der Waals surface area contributed by atoms with Gasteiger partial charge in [-0.15, -0.1) is 0 Å². The third-order valence-corrected chi connectivity index (χ3v) is 3.21. The number of hydrogen-bond donors (Lipinski definition) is 1. The van der Waals surface area contributed by atoms with Gasteiger partial charge in [0.05, 0.1) is 12.6 Å². The number of carbonyl (C=O) groups is 1. The molecular weight excluding hydrogens is 182 g/mol. The molecule has 2 aliphatic rings. The fourth-order valence-corrected chi connectivity index (χ4v) is 2.38. The lowest BCUT2D eigenvalue weighted by Gasteiger charge is -2.36. The molecule has 0 aromatic carbocycles. The maximum Gasteiger partial charge on any atom is 0.320 e. The largest absolute Gasteiger partial charge is 0.463 e. The van der Waals surface area contributed by atoms with Gasteiger partial charge in [0.2, 0.25) is 0 Å². The monoisotopic (exact) mass is 199 g/mol. The van der Waals surface area contributed by atoms with E-state index in [-0.39, 0.29) is 12.1 Å². The molecule has 0 aromatic heterocycles. The molecule has 4 nitrogen and oxygen atoms in total. The molecule has 1 aliphatic heterocycles. The highest BCUT2D eigenvalue weighted by Gasteiger charge is 2.34. The predicted molar refractivity (Wildman–Crippen MR) is 50.8 cm³/mol. The van der Waals surface area contributed by atoms with Crippen molar-refractivity contribution in [2.45, 2.75) is 44.4 Å². The van der Waals surface area contributed by atoms with Crippen LogP contribution in [0.15, 0.2) is 0 Å². The SMILES string of the molecule is CC1COC(=O)CN1C1CCC(O)C1. The average Bonchev–Trinajstić information content (AvgIpc) is 2.56. The first-order valence-corrected chi connectivity index (χ1v) is 5.26. The number of nitrogens with zero attached hydrogens (tertiary/aromatic N) is 1. The number of aliphatic hydroxyl groups is 1. The van der Waals surface area contributed by atoms with E-state index < -0.39 is 0 Å². The van der Waals surface area contributed by atoms with Crippen LogP contribution < -0.4 is 0 Å². The summed E-state index contributed by atoms with van der Waals surface area (Å²) in [7, 11) is 0. The van der Waals surface area contributed by atoms with Gasteiger partial charge in [0.25, 0.3) is 0 Å². The number of carbonyl (C=O) groups excluding carboxylic acids is 1. The van der Waals surface area contributed by atoms with E-state index in [1.54, 1.807) is 0 Å². The fourth-order valence-electron chi connectivity index (χ4n) is 2.38. The predicted octanol–water partition coefficient (Wildman–Crippen LogP) is 0.147. The van der Waals surface area contributed by atoms with Gasteiger partial charge in [-0.3, -0.25) is 9.69 Å². The van der Waals surface area contributed by atoms with Crippen LogP contribution in [0.2, 0.25) is 0 Å². The van der Waals surface area contributed by atoms with Crippen molar-refractivity contribution >= 4 is 5.97 Å². The summed E-state index contributed by atoms with van der Waals surface area (Å²) in [6.45, 7) is 2.95. The molecule has 14 heavy (non-hydrogen) atoms. The number of aliphatic hydroxyl groups excluding tert-OH is 1. The van der Waals surface area contributed by atoms with Gasteiger partial charge in [-0.1, -0.05) is 0 Å². The van der Waals surface area contributed by atoms with Crippen LogP contribution in [0.1, 0.15) is 26.2 Å². The molecule has 4 heteroatoms. The van der Waals surface area contributed by atoms with E-state index in [1.165, 1.54) is 0 Å². The van der Waals surface area contributed by atoms with Gasteiger partial charge >= 0.3 is 5.97 Å². The Labute approximate surface area is 83.8 Å². The van der Waals surface area contributed by atoms with Gasteiger partial charge in [-0.05, 0) is 26.2 Å². The summed E-state index contributed by atoms with van der Waals surface area (Å²) in [4.78, 5) is 13.3. The van der Waals surface area contributed by atoms with Crippen LogP contribution in [0, 0.1) is 0 Å². The lowest BCUT2D eigenvalue weighted by atomic mass is 10.1. The highest BCUT2D eigenvalue weighted by Crippen LogP contribution is 2.26. The molecule has 1 saturated carbocycles. The minimum Gasteiger partial charge on any atom is -0.463 e. The number of cyclic esters (lactones) is 1. The molecule has 1 heterocycles. The van der Waals surface area contributed by atoms with Crippen LogP contribution in [0.25, 0.3) is 0 Å². The van der Waals surface area contributed by atoms with Crippen molar-refractivity contribution in [3.63, 3.8) is 0 Å². The zero-order valence-corrected chi connectivity index (χ0v) is 8.48. The van der Waals surface area contributed by atoms with E-state index in [0.717, 1.165) is 19.3 Å². The fraction of sp³-hybridized carbons (Fsp3) is 0.900. The second-order valence-corrected chi connectivity index (χ2v) is 4.33. The third-order valence-electron chi connectivity index (χ3n) is 3.21. The highest BCUT2D eigenvalue weighted by molar-refractivity contribution is 5.72. The average molecular weight is 199 g/mol. The van der Waals surface area contributed by atoms with Gasteiger partial charge < -0.3 is 9.84 Å². The van der Waals surface area contributed by atoms with E-state index in [0.29, 0.717) is 25.2 Å². The first-order valence-electron chi connectivity index (χ1n) is 5.26. The van der Waals surface area contributed by atoms with Gasteiger partial charge in [0.15, 0.2) is 0 Å². The topological polar surface area (TPSA) is 49.8 Å². The molecule has 3 atom stereocenters. The highest BCUT2D eigenvalue weighted by atomic mass is 16.5. The quantitative estimate of drug-likeness (QED) is 0.611. The van der Waals surface area contributed by atoms with Crippen LogP contribution in [0.3, 0.4) is 0 Å². The Morgan fingerprint density at radius 1 is 1.50 bits per heavy atom. The molecule has 0 aromatic rings. The van der Waals surface area contributed by atoms with Crippen LogP contribution in [0.4, 0.5) is 0 Å². The lowest BCUT2D eigenvalue weighted by molar-refractivity contribution is -0.155.